The first-order valence-electron chi connectivity index (χ1n) is 10.6. The number of hydrogen-bond donors (Lipinski definition) is 2. The lowest BCUT2D eigenvalue weighted by molar-refractivity contribution is 0.281. The van der Waals surface area contributed by atoms with Gasteiger partial charge in [0.2, 0.25) is 5.75 Å². The topological polar surface area (TPSA) is 63.8 Å². The van der Waals surface area contributed by atoms with E-state index in [0.29, 0.717) is 24.0 Å². The second kappa shape index (κ2) is 7.40. The van der Waals surface area contributed by atoms with Crippen molar-refractivity contribution in [1.82, 2.24) is 4.58 Å². The minimum Gasteiger partial charge on any atom is -0.502 e. The third-order valence-electron chi connectivity index (χ3n) is 6.36. The Bertz CT molecular complexity index is 1240. The summed E-state index contributed by atoms with van der Waals surface area (Å²) in [5, 5.41) is 22.6. The summed E-state index contributed by atoms with van der Waals surface area (Å²) in [6.45, 7) is 9.95. The van der Waals surface area contributed by atoms with E-state index in [4.69, 9.17) is 0 Å². The smallest absolute Gasteiger partial charge is 0.291 e. The maximum Gasteiger partial charge on any atom is 0.291 e. The number of aliphatic hydroxyl groups excluding tert-OH is 1. The van der Waals surface area contributed by atoms with Crippen molar-refractivity contribution in [3.05, 3.63) is 68.8 Å². The highest BCUT2D eigenvalue weighted by atomic mass is 16.3. The third kappa shape index (κ3) is 2.80. The van der Waals surface area contributed by atoms with Crippen molar-refractivity contribution in [2.45, 2.75) is 33.1 Å². The van der Waals surface area contributed by atoms with Gasteiger partial charge < -0.3 is 15.1 Å². The molecule has 0 amide bonds. The van der Waals surface area contributed by atoms with Crippen LogP contribution in [0.5, 0.6) is 5.75 Å². The van der Waals surface area contributed by atoms with Crippen LogP contribution in [0.3, 0.4) is 0 Å². The Hall–Kier alpha value is -2.92. The lowest BCUT2D eigenvalue weighted by atomic mass is 9.80. The van der Waals surface area contributed by atoms with Crippen molar-refractivity contribution in [2.75, 3.05) is 31.1 Å². The van der Waals surface area contributed by atoms with Crippen LogP contribution < -0.4 is 20.3 Å². The van der Waals surface area contributed by atoms with Gasteiger partial charge in [-0.15, -0.1) is 0 Å². The van der Waals surface area contributed by atoms with Crippen molar-refractivity contribution in [1.29, 1.82) is 0 Å². The first-order chi connectivity index (χ1) is 14.4. The summed E-state index contributed by atoms with van der Waals surface area (Å²) < 4.78 is 1.72. The van der Waals surface area contributed by atoms with Crippen LogP contribution in [0.25, 0.3) is 16.8 Å². The average Bonchev–Trinajstić information content (AvgIpc) is 2.97. The van der Waals surface area contributed by atoms with Gasteiger partial charge in [-0.2, -0.15) is 0 Å². The molecule has 0 fully saturated rings. The molecule has 0 spiro atoms. The minimum absolute atomic E-state index is 0.0236. The van der Waals surface area contributed by atoms with Crippen molar-refractivity contribution in [3.8, 4) is 5.75 Å². The molecule has 3 aromatic rings. The average molecular weight is 406 g/mol. The zero-order chi connectivity index (χ0) is 21.6. The number of rotatable bonds is 5. The predicted octanol–water partition coefficient (Wildman–Crippen LogP) is 2.72. The fraction of sp³-hybridized carbons (Fsp3) is 0.360. The summed E-state index contributed by atoms with van der Waals surface area (Å²) in [5.41, 5.74) is 3.28. The zero-order valence-corrected chi connectivity index (χ0v) is 18.1. The first-order valence-corrected chi connectivity index (χ1v) is 10.6. The van der Waals surface area contributed by atoms with Crippen LogP contribution in [-0.2, 0) is 5.41 Å². The molecule has 0 bridgehead atoms. The Morgan fingerprint density at radius 3 is 2.50 bits per heavy atom. The van der Waals surface area contributed by atoms with Crippen LogP contribution in [0, 0.1) is 0 Å². The number of aromatic hydroxyl groups is 1. The Kier molecular flexibility index (Phi) is 5.02. The molecule has 2 N–H and O–H groups in total. The van der Waals surface area contributed by atoms with Gasteiger partial charge in [0.1, 0.15) is 13.2 Å². The number of aliphatic hydroxyl groups is 1. The summed E-state index contributed by atoms with van der Waals surface area (Å²) in [5.74, 6) is 0.0236. The fourth-order valence-corrected chi connectivity index (χ4v) is 4.86. The second-order valence-corrected chi connectivity index (χ2v) is 8.32. The van der Waals surface area contributed by atoms with Gasteiger partial charge in [0.25, 0.3) is 10.8 Å². The van der Waals surface area contributed by atoms with Gasteiger partial charge in [0.15, 0.2) is 6.54 Å². The van der Waals surface area contributed by atoms with E-state index in [1.54, 1.807) is 4.58 Å². The van der Waals surface area contributed by atoms with E-state index in [1.165, 1.54) is 16.3 Å². The Morgan fingerprint density at radius 1 is 1.13 bits per heavy atom. The Balaban J connectivity index is 1.91. The normalized spacial score (nSPS) is 17.8. The molecule has 0 saturated carbocycles. The number of nitrogens with zero attached hydrogens (tertiary/aromatic N) is 2. The highest BCUT2D eigenvalue weighted by molar-refractivity contribution is 5.95. The van der Waals surface area contributed by atoms with E-state index >= 15 is 0 Å². The molecule has 1 aliphatic rings. The summed E-state index contributed by atoms with van der Waals surface area (Å²) in [4.78, 5) is 15.1. The van der Waals surface area contributed by atoms with Crippen molar-refractivity contribution >= 4 is 22.5 Å². The summed E-state index contributed by atoms with van der Waals surface area (Å²) in [6, 6.07) is 12.7. The van der Waals surface area contributed by atoms with Crippen molar-refractivity contribution < 1.29 is 10.2 Å². The molecule has 1 heterocycles. The van der Waals surface area contributed by atoms with Crippen LogP contribution in [0.2, 0.25) is 0 Å². The lowest BCUT2D eigenvalue weighted by Crippen LogP contribution is -2.47. The number of hydrogen-bond acceptors (Lipinski definition) is 4. The van der Waals surface area contributed by atoms with E-state index in [-0.39, 0.29) is 23.2 Å². The molecule has 0 radical (unpaired) electrons. The third-order valence-corrected chi connectivity index (χ3v) is 6.36. The molecular weight excluding hydrogens is 376 g/mol. The first kappa shape index (κ1) is 20.4. The van der Waals surface area contributed by atoms with E-state index in [1.807, 2.05) is 19.1 Å². The summed E-state index contributed by atoms with van der Waals surface area (Å²) in [6.07, 6.45) is 1.85. The van der Waals surface area contributed by atoms with E-state index in [0.717, 1.165) is 17.9 Å². The van der Waals surface area contributed by atoms with E-state index in [9.17, 15) is 15.0 Å². The molecule has 0 unspecified atom stereocenters. The van der Waals surface area contributed by atoms with E-state index < -0.39 is 0 Å². The van der Waals surface area contributed by atoms with Gasteiger partial charge in [0, 0.05) is 23.3 Å². The largest absolute Gasteiger partial charge is 0.502 e. The van der Waals surface area contributed by atoms with Crippen LogP contribution in [0.15, 0.2) is 46.9 Å². The summed E-state index contributed by atoms with van der Waals surface area (Å²) >= 11 is 0. The number of anilines is 1. The molecule has 0 saturated heterocycles. The quantitative estimate of drug-likeness (QED) is 0.641. The van der Waals surface area contributed by atoms with Crippen LogP contribution in [0.4, 0.5) is 5.69 Å². The molecule has 5 heteroatoms. The monoisotopic (exact) mass is 405 g/mol. The van der Waals surface area contributed by atoms with Crippen molar-refractivity contribution in [2.24, 2.45) is 0 Å². The van der Waals surface area contributed by atoms with Gasteiger partial charge in [-0.1, -0.05) is 44.2 Å². The number of benzene rings is 2. The molecule has 1 aliphatic heterocycles. The van der Waals surface area contributed by atoms with Gasteiger partial charge >= 0.3 is 0 Å². The highest BCUT2D eigenvalue weighted by Gasteiger charge is 2.41. The van der Waals surface area contributed by atoms with E-state index in [2.05, 4.69) is 56.0 Å². The second-order valence-electron chi connectivity index (χ2n) is 8.32. The molecule has 0 aliphatic carbocycles. The maximum atomic E-state index is 12.9. The fourth-order valence-electron chi connectivity index (χ4n) is 4.86. The molecular formula is C25H29N2O3+. The van der Waals surface area contributed by atoms with Crippen LogP contribution in [0.1, 0.15) is 38.8 Å². The van der Waals surface area contributed by atoms with Gasteiger partial charge in [-0.05, 0) is 42.3 Å². The van der Waals surface area contributed by atoms with Crippen LogP contribution >= 0.6 is 0 Å². The zero-order valence-electron chi connectivity index (χ0n) is 18.1. The lowest BCUT2D eigenvalue weighted by Gasteiger charge is -2.26. The molecule has 5 nitrogen and oxygen atoms in total. The molecule has 4 rings (SSSR count). The Labute approximate surface area is 176 Å². The predicted molar refractivity (Wildman–Crippen MR) is 122 cm³/mol. The summed E-state index contributed by atoms with van der Waals surface area (Å²) in [7, 11) is 0. The molecule has 3 aromatic carbocycles. The van der Waals surface area contributed by atoms with Gasteiger partial charge in [-0.25, -0.2) is 4.58 Å². The number of likely N-dealkylation sites (N-methyl/N-ethyl adjacent to an activating group) is 2. The Morgan fingerprint density at radius 2 is 1.87 bits per heavy atom. The van der Waals surface area contributed by atoms with Gasteiger partial charge in [-0.3, -0.25) is 4.79 Å². The molecule has 156 valence electrons. The SMILES string of the molecule is CCN1C(=Cc2c(O)c(=[N+](CC)CCO)c2=O)C(C)(C)c2c1ccc1ccccc21. The van der Waals surface area contributed by atoms with Crippen LogP contribution in [-0.4, -0.2) is 36.5 Å². The van der Waals surface area contributed by atoms with Crippen molar-refractivity contribution in [3.63, 3.8) is 0 Å². The molecule has 0 aromatic heterocycles. The molecule has 0 atom stereocenters. The highest BCUT2D eigenvalue weighted by Crippen LogP contribution is 2.51. The molecule has 30 heavy (non-hydrogen) atoms. The standard InChI is InChI=1S/C25H28N2O3/c1-5-26(13-14-28)22-23(29)18(24(22)30)15-20-25(3,4)21-17-10-8-7-9-16(17)11-12-19(21)27(20)6-2/h7-12,15,28H,5-6,13-14H2,1-4H3/p+1. The minimum atomic E-state index is -0.314. The maximum absolute atomic E-state index is 12.9. The van der Waals surface area contributed by atoms with Gasteiger partial charge in [0.05, 0.1) is 5.56 Å². The number of fused-ring (bicyclic) bond motifs is 3. The number of allylic oxidation sites excluding steroid dienone is 1.